The highest BCUT2D eigenvalue weighted by molar-refractivity contribution is 5.91. The van der Waals surface area contributed by atoms with E-state index in [-0.39, 0.29) is 18.6 Å². The monoisotopic (exact) mass is 318 g/mol. The van der Waals surface area contributed by atoms with Gasteiger partial charge in [-0.3, -0.25) is 9.59 Å². The second-order valence-electron chi connectivity index (χ2n) is 5.34. The minimum Gasteiger partial charge on any atom is -0.484 e. The molecule has 6 nitrogen and oxygen atoms in total. The fourth-order valence-corrected chi connectivity index (χ4v) is 2.27. The molecular formula is C17H22N2O4. The van der Waals surface area contributed by atoms with Gasteiger partial charge < -0.3 is 20.1 Å². The van der Waals surface area contributed by atoms with Crippen molar-refractivity contribution in [2.24, 2.45) is 5.73 Å². The molecule has 1 heterocycles. The zero-order valence-electron chi connectivity index (χ0n) is 13.2. The number of nitrogens with two attached hydrogens (primary N) is 1. The lowest BCUT2D eigenvalue weighted by molar-refractivity contribution is -0.133. The van der Waals surface area contributed by atoms with E-state index in [1.807, 2.05) is 12.1 Å². The van der Waals surface area contributed by atoms with Crippen LogP contribution in [0.5, 0.6) is 5.75 Å². The first kappa shape index (κ1) is 17.0. The molecule has 1 aliphatic heterocycles. The highest BCUT2D eigenvalue weighted by Gasteiger charge is 2.21. The normalized spacial score (nSPS) is 18.1. The molecule has 6 heteroatoms. The lowest BCUT2D eigenvalue weighted by atomic mass is 10.2. The topological polar surface area (TPSA) is 81.9 Å². The van der Waals surface area contributed by atoms with Crippen molar-refractivity contribution in [1.82, 2.24) is 4.90 Å². The largest absolute Gasteiger partial charge is 0.484 e. The minimum absolute atomic E-state index is 0.0131. The summed E-state index contributed by atoms with van der Waals surface area (Å²) >= 11 is 0. The Labute approximate surface area is 135 Å². The fourth-order valence-electron chi connectivity index (χ4n) is 2.27. The number of rotatable bonds is 6. The summed E-state index contributed by atoms with van der Waals surface area (Å²) in [5, 5.41) is 0. The highest BCUT2D eigenvalue weighted by atomic mass is 16.5. The standard InChI is InChI=1S/C17H22N2O4/c1-2-14-11-19(9-10-22-14)17(21)8-5-13-3-6-15(7-4-13)23-12-16(18)20/h3-8,14H,2,9-12H2,1H3,(H2,18,20)/b8-5-/t14-/m1/s1. The van der Waals surface area contributed by atoms with Gasteiger partial charge in [-0.25, -0.2) is 0 Å². The molecular weight excluding hydrogens is 296 g/mol. The van der Waals surface area contributed by atoms with Crippen LogP contribution in [0, 0.1) is 0 Å². The van der Waals surface area contributed by atoms with Crippen LogP contribution in [0.1, 0.15) is 18.9 Å². The van der Waals surface area contributed by atoms with Gasteiger partial charge in [0, 0.05) is 19.2 Å². The first-order valence-electron chi connectivity index (χ1n) is 7.68. The Morgan fingerprint density at radius 1 is 1.39 bits per heavy atom. The van der Waals surface area contributed by atoms with Gasteiger partial charge in [0.2, 0.25) is 5.91 Å². The highest BCUT2D eigenvalue weighted by Crippen LogP contribution is 2.14. The van der Waals surface area contributed by atoms with Crippen molar-refractivity contribution in [1.29, 1.82) is 0 Å². The smallest absolute Gasteiger partial charge is 0.255 e. The van der Waals surface area contributed by atoms with Crippen molar-refractivity contribution in [3.8, 4) is 5.75 Å². The summed E-state index contributed by atoms with van der Waals surface area (Å²) in [6.45, 7) is 3.75. The third-order valence-electron chi connectivity index (χ3n) is 3.59. The zero-order chi connectivity index (χ0) is 16.7. The summed E-state index contributed by atoms with van der Waals surface area (Å²) in [4.78, 5) is 24.6. The number of carbonyl (C=O) groups is 2. The van der Waals surface area contributed by atoms with Crippen LogP contribution in [0.2, 0.25) is 0 Å². The van der Waals surface area contributed by atoms with Gasteiger partial charge in [-0.15, -0.1) is 0 Å². The molecule has 0 aromatic heterocycles. The average Bonchev–Trinajstić information content (AvgIpc) is 2.58. The van der Waals surface area contributed by atoms with E-state index < -0.39 is 5.91 Å². The van der Waals surface area contributed by atoms with Gasteiger partial charge >= 0.3 is 0 Å². The van der Waals surface area contributed by atoms with Crippen molar-refractivity contribution in [2.75, 3.05) is 26.3 Å². The molecule has 1 aromatic carbocycles. The van der Waals surface area contributed by atoms with E-state index in [0.29, 0.717) is 25.4 Å². The van der Waals surface area contributed by atoms with Crippen LogP contribution in [-0.2, 0) is 14.3 Å². The van der Waals surface area contributed by atoms with Crippen molar-refractivity contribution >= 4 is 17.9 Å². The molecule has 0 aliphatic carbocycles. The SMILES string of the molecule is CC[C@@H]1CN(C(=O)/C=C\c2ccc(OCC(N)=O)cc2)CCO1. The molecule has 2 amide bonds. The summed E-state index contributed by atoms with van der Waals surface area (Å²) in [6, 6.07) is 7.09. The number of hydrogen-bond donors (Lipinski definition) is 1. The van der Waals surface area contributed by atoms with Crippen LogP contribution in [0.4, 0.5) is 0 Å². The number of benzene rings is 1. The van der Waals surface area contributed by atoms with Crippen LogP contribution in [-0.4, -0.2) is 49.1 Å². The molecule has 0 radical (unpaired) electrons. The molecule has 1 fully saturated rings. The number of morpholine rings is 1. The van der Waals surface area contributed by atoms with E-state index in [0.717, 1.165) is 12.0 Å². The number of nitrogens with zero attached hydrogens (tertiary/aromatic N) is 1. The molecule has 1 aliphatic rings. The first-order chi connectivity index (χ1) is 11.1. The van der Waals surface area contributed by atoms with Gasteiger partial charge in [-0.05, 0) is 30.2 Å². The molecule has 0 saturated carbocycles. The Morgan fingerprint density at radius 2 is 2.13 bits per heavy atom. The van der Waals surface area contributed by atoms with E-state index in [2.05, 4.69) is 6.92 Å². The van der Waals surface area contributed by atoms with E-state index in [1.54, 1.807) is 29.2 Å². The van der Waals surface area contributed by atoms with Crippen molar-refractivity contribution < 1.29 is 19.1 Å². The Kier molecular flexibility index (Phi) is 6.17. The van der Waals surface area contributed by atoms with E-state index in [4.69, 9.17) is 15.2 Å². The number of hydrogen-bond acceptors (Lipinski definition) is 4. The van der Waals surface area contributed by atoms with Crippen LogP contribution in [0.15, 0.2) is 30.3 Å². The third-order valence-corrected chi connectivity index (χ3v) is 3.59. The van der Waals surface area contributed by atoms with Crippen LogP contribution >= 0.6 is 0 Å². The Bertz CT molecular complexity index is 568. The van der Waals surface area contributed by atoms with Crippen molar-refractivity contribution in [2.45, 2.75) is 19.4 Å². The molecule has 1 aromatic rings. The summed E-state index contributed by atoms with van der Waals surface area (Å²) in [5.41, 5.74) is 5.90. The van der Waals surface area contributed by atoms with Crippen molar-refractivity contribution in [3.63, 3.8) is 0 Å². The summed E-state index contributed by atoms with van der Waals surface area (Å²) in [5.74, 6) is 0.0301. The third kappa shape index (κ3) is 5.41. The quantitative estimate of drug-likeness (QED) is 0.799. The molecule has 0 spiro atoms. The lowest BCUT2D eigenvalue weighted by Crippen LogP contribution is -2.44. The molecule has 0 unspecified atom stereocenters. The molecule has 124 valence electrons. The average molecular weight is 318 g/mol. The fraction of sp³-hybridized carbons (Fsp3) is 0.412. The second kappa shape index (κ2) is 8.33. The van der Waals surface area contributed by atoms with Crippen LogP contribution < -0.4 is 10.5 Å². The minimum atomic E-state index is -0.518. The maximum absolute atomic E-state index is 12.2. The Balaban J connectivity index is 1.89. The van der Waals surface area contributed by atoms with Gasteiger partial charge in [-0.2, -0.15) is 0 Å². The predicted octanol–water partition coefficient (Wildman–Crippen LogP) is 1.20. The molecule has 1 saturated heterocycles. The molecule has 0 bridgehead atoms. The zero-order valence-corrected chi connectivity index (χ0v) is 13.2. The van der Waals surface area contributed by atoms with Gasteiger partial charge in [0.15, 0.2) is 6.61 Å². The van der Waals surface area contributed by atoms with Gasteiger partial charge in [0.1, 0.15) is 5.75 Å². The molecule has 1 atom stereocenters. The van der Waals surface area contributed by atoms with Crippen LogP contribution in [0.25, 0.3) is 6.08 Å². The number of amides is 2. The van der Waals surface area contributed by atoms with Gasteiger partial charge in [-0.1, -0.05) is 19.1 Å². The van der Waals surface area contributed by atoms with E-state index >= 15 is 0 Å². The Morgan fingerprint density at radius 3 is 2.78 bits per heavy atom. The number of carbonyl (C=O) groups excluding carboxylic acids is 2. The van der Waals surface area contributed by atoms with E-state index in [1.165, 1.54) is 0 Å². The number of ether oxygens (including phenoxy) is 2. The summed E-state index contributed by atoms with van der Waals surface area (Å²) in [7, 11) is 0. The lowest BCUT2D eigenvalue weighted by Gasteiger charge is -2.31. The molecule has 2 rings (SSSR count). The predicted molar refractivity (Wildman–Crippen MR) is 86.8 cm³/mol. The Hall–Kier alpha value is -2.34. The summed E-state index contributed by atoms with van der Waals surface area (Å²) < 4.78 is 10.7. The van der Waals surface area contributed by atoms with Gasteiger partial charge in [0.05, 0.1) is 12.7 Å². The summed E-state index contributed by atoms with van der Waals surface area (Å²) in [6.07, 6.45) is 4.36. The molecule has 23 heavy (non-hydrogen) atoms. The molecule has 2 N–H and O–H groups in total. The second-order valence-corrected chi connectivity index (χ2v) is 5.34. The van der Waals surface area contributed by atoms with Crippen LogP contribution in [0.3, 0.4) is 0 Å². The van der Waals surface area contributed by atoms with E-state index in [9.17, 15) is 9.59 Å². The maximum atomic E-state index is 12.2. The first-order valence-corrected chi connectivity index (χ1v) is 7.68. The number of primary amides is 1. The van der Waals surface area contributed by atoms with Gasteiger partial charge in [0.25, 0.3) is 5.91 Å². The van der Waals surface area contributed by atoms with Crippen molar-refractivity contribution in [3.05, 3.63) is 35.9 Å². The maximum Gasteiger partial charge on any atom is 0.255 e.